The highest BCUT2D eigenvalue weighted by atomic mass is 19.1. The zero-order chi connectivity index (χ0) is 17.6. The largest absolute Gasteiger partial charge is 0.371 e. The zero-order valence-corrected chi connectivity index (χ0v) is 14.4. The number of halogens is 1. The first kappa shape index (κ1) is 17.6. The SMILES string of the molecule is CN1CCOC(c2cccc(NC(=O)CCc3ccccc3F)c2)C1. The smallest absolute Gasteiger partial charge is 0.224 e. The molecule has 0 aromatic heterocycles. The number of nitrogens with one attached hydrogen (secondary N) is 1. The summed E-state index contributed by atoms with van der Waals surface area (Å²) in [4.78, 5) is 14.4. The Kier molecular flexibility index (Phi) is 5.79. The molecular weight excluding hydrogens is 319 g/mol. The first-order valence-corrected chi connectivity index (χ1v) is 8.55. The van der Waals surface area contributed by atoms with E-state index in [4.69, 9.17) is 4.74 Å². The van der Waals surface area contributed by atoms with Crippen molar-refractivity contribution < 1.29 is 13.9 Å². The number of carbonyl (C=O) groups is 1. The van der Waals surface area contributed by atoms with Crippen molar-refractivity contribution in [3.05, 3.63) is 65.5 Å². The molecule has 132 valence electrons. The van der Waals surface area contributed by atoms with Crippen LogP contribution in [0.3, 0.4) is 0 Å². The fraction of sp³-hybridized carbons (Fsp3) is 0.350. The van der Waals surface area contributed by atoms with Crippen LogP contribution in [0.15, 0.2) is 48.5 Å². The highest BCUT2D eigenvalue weighted by Crippen LogP contribution is 2.24. The molecule has 5 heteroatoms. The number of hydrogen-bond donors (Lipinski definition) is 1. The van der Waals surface area contributed by atoms with E-state index in [2.05, 4.69) is 17.3 Å². The maximum absolute atomic E-state index is 13.6. The number of ether oxygens (including phenoxy) is 1. The lowest BCUT2D eigenvalue weighted by atomic mass is 10.1. The van der Waals surface area contributed by atoms with Gasteiger partial charge in [0.05, 0.1) is 12.7 Å². The Labute approximate surface area is 147 Å². The molecule has 2 aromatic rings. The number of benzene rings is 2. The van der Waals surface area contributed by atoms with Crippen LogP contribution in [-0.4, -0.2) is 37.6 Å². The van der Waals surface area contributed by atoms with Crippen LogP contribution >= 0.6 is 0 Å². The highest BCUT2D eigenvalue weighted by molar-refractivity contribution is 5.90. The van der Waals surface area contributed by atoms with E-state index in [1.165, 1.54) is 6.07 Å². The fourth-order valence-electron chi connectivity index (χ4n) is 2.97. The molecule has 1 unspecified atom stereocenters. The second kappa shape index (κ2) is 8.23. The Bertz CT molecular complexity index is 735. The number of nitrogens with zero attached hydrogens (tertiary/aromatic N) is 1. The molecule has 1 amide bonds. The van der Waals surface area contributed by atoms with Crippen molar-refractivity contribution in [2.45, 2.75) is 18.9 Å². The third kappa shape index (κ3) is 4.87. The lowest BCUT2D eigenvalue weighted by molar-refractivity contribution is -0.116. The second-order valence-corrected chi connectivity index (χ2v) is 6.39. The van der Waals surface area contributed by atoms with Gasteiger partial charge in [0.2, 0.25) is 5.91 Å². The summed E-state index contributed by atoms with van der Waals surface area (Å²) >= 11 is 0. The monoisotopic (exact) mass is 342 g/mol. The number of hydrogen-bond acceptors (Lipinski definition) is 3. The summed E-state index contributed by atoms with van der Waals surface area (Å²) in [7, 11) is 2.07. The number of amides is 1. The average Bonchev–Trinajstić information content (AvgIpc) is 2.61. The van der Waals surface area contributed by atoms with Crippen molar-refractivity contribution in [3.8, 4) is 0 Å². The Morgan fingerprint density at radius 2 is 2.12 bits per heavy atom. The van der Waals surface area contributed by atoms with Crippen LogP contribution in [0.2, 0.25) is 0 Å². The summed E-state index contributed by atoms with van der Waals surface area (Å²) in [6, 6.07) is 14.3. The van der Waals surface area contributed by atoms with E-state index >= 15 is 0 Å². The topological polar surface area (TPSA) is 41.6 Å². The van der Waals surface area contributed by atoms with Crippen LogP contribution in [0.1, 0.15) is 23.7 Å². The molecule has 0 bridgehead atoms. The summed E-state index contributed by atoms with van der Waals surface area (Å²) in [6.07, 6.45) is 0.650. The lowest BCUT2D eigenvalue weighted by Crippen LogP contribution is -2.35. The minimum Gasteiger partial charge on any atom is -0.371 e. The Morgan fingerprint density at radius 1 is 1.28 bits per heavy atom. The van der Waals surface area contributed by atoms with Gasteiger partial charge in [-0.05, 0) is 42.8 Å². The summed E-state index contributed by atoms with van der Waals surface area (Å²) in [5.41, 5.74) is 2.36. The van der Waals surface area contributed by atoms with E-state index in [9.17, 15) is 9.18 Å². The van der Waals surface area contributed by atoms with Gasteiger partial charge in [-0.25, -0.2) is 4.39 Å². The average molecular weight is 342 g/mol. The first-order valence-electron chi connectivity index (χ1n) is 8.55. The van der Waals surface area contributed by atoms with E-state index < -0.39 is 0 Å². The maximum atomic E-state index is 13.6. The normalized spacial score (nSPS) is 18.1. The standard InChI is InChI=1S/C20H23FN2O2/c1-23-11-12-25-19(14-23)16-6-4-7-17(13-16)22-20(24)10-9-15-5-2-3-8-18(15)21/h2-8,13,19H,9-12,14H2,1H3,(H,22,24). The van der Waals surface area contributed by atoms with Crippen LogP contribution in [0, 0.1) is 5.82 Å². The number of carbonyl (C=O) groups excluding carboxylic acids is 1. The molecule has 1 heterocycles. The number of rotatable bonds is 5. The van der Waals surface area contributed by atoms with Crippen molar-refractivity contribution >= 4 is 11.6 Å². The summed E-state index contributed by atoms with van der Waals surface area (Å²) in [5, 5.41) is 2.89. The lowest BCUT2D eigenvalue weighted by Gasteiger charge is -2.30. The van der Waals surface area contributed by atoms with Crippen LogP contribution in [0.25, 0.3) is 0 Å². The quantitative estimate of drug-likeness (QED) is 0.905. The number of aryl methyl sites for hydroxylation is 1. The van der Waals surface area contributed by atoms with E-state index in [1.807, 2.05) is 24.3 Å². The van der Waals surface area contributed by atoms with Gasteiger partial charge in [-0.3, -0.25) is 4.79 Å². The molecular formula is C20H23FN2O2. The Morgan fingerprint density at radius 3 is 2.92 bits per heavy atom. The Hall–Kier alpha value is -2.24. The van der Waals surface area contributed by atoms with Crippen LogP contribution in [0.4, 0.5) is 10.1 Å². The van der Waals surface area contributed by atoms with Gasteiger partial charge in [-0.2, -0.15) is 0 Å². The fourth-order valence-corrected chi connectivity index (χ4v) is 2.97. The molecule has 0 spiro atoms. The van der Waals surface area contributed by atoms with Gasteiger partial charge in [0.15, 0.2) is 0 Å². The third-order valence-corrected chi connectivity index (χ3v) is 4.39. The predicted molar refractivity (Wildman–Crippen MR) is 96.0 cm³/mol. The summed E-state index contributed by atoms with van der Waals surface area (Å²) in [5.74, 6) is -0.391. The molecule has 1 atom stereocenters. The first-order chi connectivity index (χ1) is 12.1. The van der Waals surface area contributed by atoms with Gasteiger partial charge in [-0.1, -0.05) is 30.3 Å². The van der Waals surface area contributed by atoms with Crippen molar-refractivity contribution in [2.24, 2.45) is 0 Å². The van der Waals surface area contributed by atoms with Gasteiger partial charge in [0.1, 0.15) is 5.82 Å². The maximum Gasteiger partial charge on any atom is 0.224 e. The molecule has 3 rings (SSSR count). The highest BCUT2D eigenvalue weighted by Gasteiger charge is 2.19. The molecule has 1 aliphatic rings. The zero-order valence-electron chi connectivity index (χ0n) is 14.4. The molecule has 1 saturated heterocycles. The van der Waals surface area contributed by atoms with Crippen molar-refractivity contribution in [2.75, 3.05) is 32.1 Å². The number of morpholine rings is 1. The number of anilines is 1. The molecule has 0 saturated carbocycles. The molecule has 4 nitrogen and oxygen atoms in total. The van der Waals surface area contributed by atoms with Gasteiger partial charge in [0, 0.05) is 25.2 Å². The van der Waals surface area contributed by atoms with Gasteiger partial charge >= 0.3 is 0 Å². The molecule has 1 N–H and O–H groups in total. The molecule has 0 aliphatic carbocycles. The molecule has 1 fully saturated rings. The van der Waals surface area contributed by atoms with Crippen LogP contribution in [-0.2, 0) is 16.0 Å². The molecule has 0 radical (unpaired) electrons. The van der Waals surface area contributed by atoms with Gasteiger partial charge in [0.25, 0.3) is 0 Å². The predicted octanol–water partition coefficient (Wildman–Crippen LogP) is 3.40. The molecule has 25 heavy (non-hydrogen) atoms. The molecule has 1 aliphatic heterocycles. The van der Waals surface area contributed by atoms with E-state index in [0.29, 0.717) is 18.6 Å². The summed E-state index contributed by atoms with van der Waals surface area (Å²) < 4.78 is 19.4. The Balaban J connectivity index is 1.58. The summed E-state index contributed by atoms with van der Waals surface area (Å²) in [6.45, 7) is 2.48. The van der Waals surface area contributed by atoms with Crippen LogP contribution < -0.4 is 5.32 Å². The number of likely N-dealkylation sites (N-methyl/N-ethyl adjacent to an activating group) is 1. The third-order valence-electron chi connectivity index (χ3n) is 4.39. The van der Waals surface area contributed by atoms with Gasteiger partial charge in [-0.15, -0.1) is 0 Å². The minimum absolute atomic E-state index is 0.0222. The van der Waals surface area contributed by atoms with Crippen molar-refractivity contribution in [3.63, 3.8) is 0 Å². The van der Waals surface area contributed by atoms with Gasteiger partial charge < -0.3 is 15.0 Å². The van der Waals surface area contributed by atoms with E-state index in [-0.39, 0.29) is 24.2 Å². The molecule has 2 aromatic carbocycles. The second-order valence-electron chi connectivity index (χ2n) is 6.39. The van der Waals surface area contributed by atoms with Crippen molar-refractivity contribution in [1.29, 1.82) is 0 Å². The minimum atomic E-state index is -0.268. The van der Waals surface area contributed by atoms with E-state index in [1.54, 1.807) is 18.2 Å². The van der Waals surface area contributed by atoms with E-state index in [0.717, 1.165) is 24.3 Å². The van der Waals surface area contributed by atoms with Crippen molar-refractivity contribution in [1.82, 2.24) is 4.90 Å². The van der Waals surface area contributed by atoms with Crippen LogP contribution in [0.5, 0.6) is 0 Å².